The highest BCUT2D eigenvalue weighted by Gasteiger charge is 2.27. The molecule has 2 atom stereocenters. The summed E-state index contributed by atoms with van der Waals surface area (Å²) in [6.45, 7) is 14.4. The highest BCUT2D eigenvalue weighted by Crippen LogP contribution is 2.37. The Morgan fingerprint density at radius 3 is 1.43 bits per heavy atom. The number of unbranched alkanes of at least 4 members (excludes halogenated alkanes) is 8. The summed E-state index contributed by atoms with van der Waals surface area (Å²) in [5.41, 5.74) is 0.470. The predicted octanol–water partition coefficient (Wildman–Crippen LogP) is 8.01. The van der Waals surface area contributed by atoms with Gasteiger partial charge < -0.3 is 0 Å². The van der Waals surface area contributed by atoms with E-state index in [9.17, 15) is 0 Å². The van der Waals surface area contributed by atoms with E-state index < -0.39 is 0 Å². The number of rotatable bonds is 13. The van der Waals surface area contributed by atoms with Gasteiger partial charge >= 0.3 is 0 Å². The van der Waals surface area contributed by atoms with Gasteiger partial charge in [0.1, 0.15) is 0 Å². The molecule has 0 rings (SSSR count). The largest absolute Gasteiger partial charge is 0.0654 e. The van der Waals surface area contributed by atoms with E-state index in [1.807, 2.05) is 0 Å². The van der Waals surface area contributed by atoms with Crippen LogP contribution in [0.25, 0.3) is 0 Å². The summed E-state index contributed by atoms with van der Waals surface area (Å²) in [4.78, 5) is 0. The molecule has 0 spiro atoms. The zero-order valence-electron chi connectivity index (χ0n) is 16.1. The zero-order valence-corrected chi connectivity index (χ0v) is 16.1. The SMILES string of the molecule is CCCCCCCCC(CCCCCC)C(C)C(C)(C)C. The Hall–Kier alpha value is 0. The lowest BCUT2D eigenvalue weighted by atomic mass is 9.71. The predicted molar refractivity (Wildman–Crippen MR) is 98.9 cm³/mol. The van der Waals surface area contributed by atoms with Crippen molar-refractivity contribution in [2.75, 3.05) is 0 Å². The molecule has 0 amide bonds. The first kappa shape index (κ1) is 21.0. The van der Waals surface area contributed by atoms with Crippen LogP contribution in [0.15, 0.2) is 0 Å². The Morgan fingerprint density at radius 2 is 1.00 bits per heavy atom. The van der Waals surface area contributed by atoms with Gasteiger partial charge in [0.15, 0.2) is 0 Å². The Morgan fingerprint density at radius 1 is 0.619 bits per heavy atom. The average Bonchev–Trinajstić information content (AvgIpc) is 2.43. The van der Waals surface area contributed by atoms with Crippen LogP contribution in [-0.4, -0.2) is 0 Å². The quantitative estimate of drug-likeness (QED) is 0.302. The molecule has 0 bridgehead atoms. The monoisotopic (exact) mass is 296 g/mol. The van der Waals surface area contributed by atoms with Gasteiger partial charge in [-0.25, -0.2) is 0 Å². The third-order valence-corrected chi connectivity index (χ3v) is 5.43. The van der Waals surface area contributed by atoms with Crippen LogP contribution < -0.4 is 0 Å². The molecule has 0 saturated heterocycles. The first-order chi connectivity index (χ1) is 9.93. The van der Waals surface area contributed by atoms with E-state index in [1.165, 1.54) is 77.0 Å². The number of hydrogen-bond donors (Lipinski definition) is 0. The molecule has 0 N–H and O–H groups in total. The lowest BCUT2D eigenvalue weighted by Gasteiger charge is -2.35. The lowest BCUT2D eigenvalue weighted by Crippen LogP contribution is -2.25. The van der Waals surface area contributed by atoms with Gasteiger partial charge in [-0.1, -0.05) is 119 Å². The van der Waals surface area contributed by atoms with Crippen LogP contribution in [0.1, 0.15) is 119 Å². The Labute approximate surface area is 136 Å². The molecule has 0 heterocycles. The highest BCUT2D eigenvalue weighted by molar-refractivity contribution is 4.77. The third-order valence-electron chi connectivity index (χ3n) is 5.43. The molecule has 0 fully saturated rings. The fourth-order valence-corrected chi connectivity index (χ4v) is 3.37. The van der Waals surface area contributed by atoms with Gasteiger partial charge in [-0.05, 0) is 17.3 Å². The summed E-state index contributed by atoms with van der Waals surface area (Å²) >= 11 is 0. The molecule has 0 saturated carbocycles. The summed E-state index contributed by atoms with van der Waals surface area (Å²) < 4.78 is 0. The van der Waals surface area contributed by atoms with Crippen molar-refractivity contribution >= 4 is 0 Å². The molecule has 0 aliphatic rings. The van der Waals surface area contributed by atoms with E-state index in [-0.39, 0.29) is 0 Å². The van der Waals surface area contributed by atoms with Gasteiger partial charge in [0, 0.05) is 0 Å². The fraction of sp³-hybridized carbons (Fsp3) is 1.00. The molecule has 0 aromatic heterocycles. The van der Waals surface area contributed by atoms with Crippen molar-refractivity contribution in [3.63, 3.8) is 0 Å². The maximum Gasteiger partial charge on any atom is -0.0354 e. The molecule has 21 heavy (non-hydrogen) atoms. The van der Waals surface area contributed by atoms with E-state index in [2.05, 4.69) is 41.5 Å². The molecule has 0 radical (unpaired) electrons. The van der Waals surface area contributed by atoms with Crippen LogP contribution >= 0.6 is 0 Å². The molecule has 0 nitrogen and oxygen atoms in total. The fourth-order valence-electron chi connectivity index (χ4n) is 3.37. The van der Waals surface area contributed by atoms with Crippen molar-refractivity contribution in [2.45, 2.75) is 119 Å². The summed E-state index contributed by atoms with van der Waals surface area (Å²) in [7, 11) is 0. The van der Waals surface area contributed by atoms with Crippen molar-refractivity contribution < 1.29 is 0 Å². The molecule has 128 valence electrons. The highest BCUT2D eigenvalue weighted by atomic mass is 14.3. The van der Waals surface area contributed by atoms with E-state index in [0.29, 0.717) is 5.41 Å². The minimum Gasteiger partial charge on any atom is -0.0654 e. The van der Waals surface area contributed by atoms with Crippen LogP contribution in [0.3, 0.4) is 0 Å². The van der Waals surface area contributed by atoms with Crippen LogP contribution in [0.2, 0.25) is 0 Å². The maximum absolute atomic E-state index is 2.50. The molecular formula is C21H44. The van der Waals surface area contributed by atoms with Gasteiger partial charge in [-0.2, -0.15) is 0 Å². The van der Waals surface area contributed by atoms with Gasteiger partial charge in [0.05, 0.1) is 0 Å². The second-order valence-electron chi connectivity index (χ2n) is 8.32. The molecule has 0 aromatic rings. The van der Waals surface area contributed by atoms with Crippen molar-refractivity contribution in [1.29, 1.82) is 0 Å². The minimum absolute atomic E-state index is 0.470. The zero-order chi connectivity index (χ0) is 16.1. The number of hydrogen-bond acceptors (Lipinski definition) is 0. The summed E-state index contributed by atoms with van der Waals surface area (Å²) in [5, 5.41) is 0. The Kier molecular flexibility index (Phi) is 12.5. The third kappa shape index (κ3) is 11.2. The molecular weight excluding hydrogens is 252 g/mol. The van der Waals surface area contributed by atoms with Crippen molar-refractivity contribution in [2.24, 2.45) is 17.3 Å². The summed E-state index contributed by atoms with van der Waals surface area (Å²) in [6, 6.07) is 0. The van der Waals surface area contributed by atoms with Crippen molar-refractivity contribution in [3.05, 3.63) is 0 Å². The summed E-state index contributed by atoms with van der Waals surface area (Å²) in [5.74, 6) is 1.81. The maximum atomic E-state index is 2.50. The average molecular weight is 297 g/mol. The van der Waals surface area contributed by atoms with Gasteiger partial charge in [-0.15, -0.1) is 0 Å². The summed E-state index contributed by atoms with van der Waals surface area (Å²) in [6.07, 6.45) is 17.2. The van der Waals surface area contributed by atoms with Crippen molar-refractivity contribution in [3.8, 4) is 0 Å². The second-order valence-corrected chi connectivity index (χ2v) is 8.32. The normalized spacial score (nSPS) is 15.1. The lowest BCUT2D eigenvalue weighted by molar-refractivity contribution is 0.154. The molecule has 0 aliphatic carbocycles. The van der Waals surface area contributed by atoms with Crippen molar-refractivity contribution in [1.82, 2.24) is 0 Å². The van der Waals surface area contributed by atoms with Gasteiger partial charge in [0.25, 0.3) is 0 Å². The Balaban J connectivity index is 4.06. The topological polar surface area (TPSA) is 0 Å². The van der Waals surface area contributed by atoms with Crippen LogP contribution in [-0.2, 0) is 0 Å². The first-order valence-corrected chi connectivity index (χ1v) is 9.93. The molecule has 0 aliphatic heterocycles. The Bertz CT molecular complexity index is 211. The molecule has 2 unspecified atom stereocenters. The second kappa shape index (κ2) is 12.5. The van der Waals surface area contributed by atoms with Crippen LogP contribution in [0.5, 0.6) is 0 Å². The van der Waals surface area contributed by atoms with E-state index in [1.54, 1.807) is 0 Å². The van der Waals surface area contributed by atoms with Crippen LogP contribution in [0, 0.1) is 17.3 Å². The smallest absolute Gasteiger partial charge is 0.0354 e. The van der Waals surface area contributed by atoms with Gasteiger partial charge in [-0.3, -0.25) is 0 Å². The molecule has 0 aromatic carbocycles. The van der Waals surface area contributed by atoms with E-state index in [4.69, 9.17) is 0 Å². The molecule has 0 heteroatoms. The van der Waals surface area contributed by atoms with Gasteiger partial charge in [0.2, 0.25) is 0 Å². The minimum atomic E-state index is 0.470. The van der Waals surface area contributed by atoms with E-state index >= 15 is 0 Å². The first-order valence-electron chi connectivity index (χ1n) is 9.93. The standard InChI is InChI=1S/C21H44/c1-7-9-11-13-14-16-18-20(17-15-12-10-8-2)19(3)21(4,5)6/h19-20H,7-18H2,1-6H3. The van der Waals surface area contributed by atoms with Crippen LogP contribution in [0.4, 0.5) is 0 Å². The van der Waals surface area contributed by atoms with E-state index in [0.717, 1.165) is 11.8 Å².